The molecule has 0 saturated carbocycles. The van der Waals surface area contributed by atoms with Crippen molar-refractivity contribution in [3.8, 4) is 0 Å². The van der Waals surface area contributed by atoms with E-state index in [1.54, 1.807) is 0 Å². The molecule has 0 unspecified atom stereocenters. The minimum absolute atomic E-state index is 0. The van der Waals surface area contributed by atoms with Crippen molar-refractivity contribution in [2.75, 3.05) is 13.2 Å². The summed E-state index contributed by atoms with van der Waals surface area (Å²) in [6.45, 7) is 15.8. The van der Waals surface area contributed by atoms with Gasteiger partial charge in [0.25, 0.3) is 0 Å². The molecule has 33 heteroatoms. The standard InChI is InChI=1S/C4H8O.4C2H3F5S.C2H4.2CH4.Na.H2O.U.2V.2W.Y.H2/c1-2-4-5-3-1;4*1-2-8(3,4,5,6)7;1-2;;;;;;;;;;;/h1-4H2;4*2H,1H2;1-2H2;2*1H4;;1H2;;;;;;;1H/q;;;;;;;;+1;;;;;;;;/p-1/i;;;;;;;;;;;;;;;;1+2. The van der Waals surface area contributed by atoms with E-state index in [9.17, 15) is 77.7 Å². The summed E-state index contributed by atoms with van der Waals surface area (Å²) in [6.07, 6.45) is 2.56. The molecule has 1 fully saturated rings. The van der Waals surface area contributed by atoms with Gasteiger partial charge in [-0.15, -0.1) is 13.2 Å². The van der Waals surface area contributed by atoms with Crippen LogP contribution in [0.15, 0.2) is 61.1 Å². The van der Waals surface area contributed by atoms with Crippen LogP contribution in [0.4, 0.5) is 77.7 Å². The Kier molecular flexibility index (Phi) is 52.0. The van der Waals surface area contributed by atoms with Crippen molar-refractivity contribution in [3.05, 3.63) is 61.1 Å². The minimum atomic E-state index is -9.24. The molecule has 0 aromatic carbocycles. The van der Waals surface area contributed by atoms with Crippen molar-refractivity contribution in [1.29, 1.82) is 0 Å². The van der Waals surface area contributed by atoms with Crippen LogP contribution in [-0.4, -0.2) is 18.7 Å². The molecule has 0 amide bonds. The first-order valence-corrected chi connectivity index (χ1v) is 16.3. The van der Waals surface area contributed by atoms with Crippen LogP contribution in [-0.2, 0) is 117 Å². The van der Waals surface area contributed by atoms with E-state index < -0.39 is 62.5 Å². The zero-order valence-corrected chi connectivity index (χ0v) is 44.1. The number of rotatable bonds is 4. The van der Waals surface area contributed by atoms with Crippen LogP contribution in [0.1, 0.15) is 29.1 Å². The summed E-state index contributed by atoms with van der Waals surface area (Å²) < 4.78 is 221. The molecule has 0 aromatic rings. The Balaban J connectivity index is -0.0000000194. The molecule has 3 radical (unpaired) electrons. The van der Waals surface area contributed by atoms with Crippen LogP contribution in [0.25, 0.3) is 0 Å². The second-order valence-electron chi connectivity index (χ2n) is 6.10. The Morgan fingerprint density at radius 2 is 0.531 bits per heavy atom. The average molecular weight is 1590 g/mol. The van der Waals surface area contributed by atoms with Crippen molar-refractivity contribution >= 4 is 40.9 Å². The molecule has 1 heterocycles. The van der Waals surface area contributed by atoms with Gasteiger partial charge in [-0.1, -0.05) is 119 Å². The van der Waals surface area contributed by atoms with Crippen LogP contribution >= 0.6 is 40.9 Å². The first-order valence-electron chi connectivity index (χ1n) is 8.24. The molecular weight excluding hydrogens is 1550 g/mol. The summed E-state index contributed by atoms with van der Waals surface area (Å²) >= 11 is 0. The van der Waals surface area contributed by atoms with Gasteiger partial charge in [0.15, 0.2) is 0 Å². The molecule has 1 saturated heterocycles. The van der Waals surface area contributed by atoms with Gasteiger partial charge in [0.1, 0.15) is 0 Å². The van der Waals surface area contributed by atoms with Crippen molar-refractivity contribution in [2.24, 2.45) is 0 Å². The Morgan fingerprint density at radius 3 is 0.551 bits per heavy atom. The summed E-state index contributed by atoms with van der Waals surface area (Å²) in [5.41, 5.74) is 0. The molecular formula is C16H35F20NaO2S4UV2W2Y. The average Bonchev–Trinajstić information content (AvgIpc) is 3.18. The van der Waals surface area contributed by atoms with E-state index in [2.05, 4.69) is 13.2 Å². The van der Waals surface area contributed by atoms with Crippen LogP contribution in [0.2, 0.25) is 0 Å². The molecule has 0 aliphatic carbocycles. The predicted molar refractivity (Wildman–Crippen MR) is 142 cm³/mol. The van der Waals surface area contributed by atoms with Gasteiger partial charge in [-0.2, -0.15) is 0 Å². The van der Waals surface area contributed by atoms with Crippen LogP contribution in [0, 0.1) is 31.1 Å². The molecule has 0 bridgehead atoms. The van der Waals surface area contributed by atoms with Gasteiger partial charge in [-0.3, -0.25) is 0 Å². The summed E-state index contributed by atoms with van der Waals surface area (Å²) in [4.78, 5) is 0. The maximum atomic E-state index is 10.8. The molecule has 1 N–H and O–H groups in total. The fourth-order valence-corrected chi connectivity index (χ4v) is 0.510. The Morgan fingerprint density at radius 1 is 0.449 bits per heavy atom. The van der Waals surface area contributed by atoms with E-state index in [1.807, 2.05) is 26.3 Å². The van der Waals surface area contributed by atoms with Gasteiger partial charge in [-0.25, -0.2) is 0 Å². The third-order valence-electron chi connectivity index (χ3n) is 2.09. The quantitative estimate of drug-likeness (QED) is 0.160. The summed E-state index contributed by atoms with van der Waals surface area (Å²) in [7, 11) is -37.0. The fraction of sp³-hybridized carbons (Fsp3) is 0.375. The SMILES string of the molecule is C.C.C1CCOC1.C=C.C=CS(F)(F)(F)(F)F.C=CS(F)(F)(F)(F)F.C=CS(F)(F)(F)(F)F.C=CS(F)(F)(F)(F)F.[3HH].[Na+].[OH-].[U].[V].[V].[W].[W].[Y]. The third kappa shape index (κ3) is 154. The van der Waals surface area contributed by atoms with Gasteiger partial charge in [0, 0.05) is 158 Å². The maximum absolute atomic E-state index is 10.8. The van der Waals surface area contributed by atoms with Gasteiger partial charge < -0.3 is 10.2 Å². The van der Waals surface area contributed by atoms with Gasteiger partial charge >= 0.3 is 70.5 Å². The van der Waals surface area contributed by atoms with Crippen molar-refractivity contribution < 1.29 is 262 Å². The fourth-order valence-electron chi connectivity index (χ4n) is 0.510. The molecule has 2 nitrogen and oxygen atoms in total. The summed E-state index contributed by atoms with van der Waals surface area (Å²) in [5, 5.41) is -4.94. The van der Waals surface area contributed by atoms with Crippen molar-refractivity contribution in [3.63, 3.8) is 0 Å². The van der Waals surface area contributed by atoms with Crippen LogP contribution in [0.3, 0.4) is 0 Å². The molecule has 1 rings (SSSR count). The number of halogens is 20. The first-order chi connectivity index (χ1) is 15.6. The Hall–Kier alpha value is 4.32. The summed E-state index contributed by atoms with van der Waals surface area (Å²) in [6, 6.07) is 0. The Labute approximate surface area is 399 Å². The molecule has 0 spiro atoms. The molecule has 0 aromatic heterocycles. The second kappa shape index (κ2) is 25.6. The van der Waals surface area contributed by atoms with E-state index >= 15 is 0 Å². The molecule has 305 valence electrons. The number of hydrogen-bond donors (Lipinski definition) is 0. The normalized spacial score (nSPS) is 16.3. The summed E-state index contributed by atoms with van der Waals surface area (Å²) in [5.74, 6) is 0. The zero-order valence-electron chi connectivity index (χ0n) is 23.2. The van der Waals surface area contributed by atoms with E-state index in [1.165, 1.54) is 12.8 Å². The first kappa shape index (κ1) is 99.4. The largest absolute Gasteiger partial charge is 1.00 e. The molecule has 1 aliphatic heterocycles. The zero-order chi connectivity index (χ0) is 34.0. The second-order valence-corrected chi connectivity index (χ2v) is 15.7. The van der Waals surface area contributed by atoms with E-state index in [-0.39, 0.29) is 194 Å². The third-order valence-corrected chi connectivity index (χ3v) is 4.61. The van der Waals surface area contributed by atoms with Crippen molar-refractivity contribution in [2.45, 2.75) is 27.7 Å². The maximum Gasteiger partial charge on any atom is 1.00 e. The molecule has 0 atom stereocenters. The minimum Gasteiger partial charge on any atom is -0.870 e. The van der Waals surface area contributed by atoms with Crippen LogP contribution < -0.4 is 29.6 Å². The smallest absolute Gasteiger partial charge is 0.870 e. The predicted octanol–water partition coefficient (Wildman–Crippen LogP) is 13.6. The Bertz CT molecular complexity index is 755. The molecule has 49 heavy (non-hydrogen) atoms. The van der Waals surface area contributed by atoms with Gasteiger partial charge in [0.05, 0.1) is 21.6 Å². The van der Waals surface area contributed by atoms with E-state index in [0.717, 1.165) is 13.2 Å². The monoisotopic (exact) mass is 1590 g/mol. The van der Waals surface area contributed by atoms with Gasteiger partial charge in [0.2, 0.25) is 0 Å². The van der Waals surface area contributed by atoms with Gasteiger partial charge in [-0.05, 0) is 12.8 Å². The molecule has 1 aliphatic rings. The topological polar surface area (TPSA) is 39.2 Å². The van der Waals surface area contributed by atoms with E-state index in [4.69, 9.17) is 4.74 Å². The number of hydrogen-bond acceptors (Lipinski definition) is 2. The number of ether oxygens (including phenoxy) is 1. The van der Waals surface area contributed by atoms with Crippen LogP contribution in [0.5, 0.6) is 0 Å². The van der Waals surface area contributed by atoms with Crippen molar-refractivity contribution in [1.82, 2.24) is 0 Å². The van der Waals surface area contributed by atoms with E-state index in [0.29, 0.717) is 0 Å².